The van der Waals surface area contributed by atoms with Crippen LogP contribution in [0.4, 0.5) is 4.39 Å². The smallest absolute Gasteiger partial charge is 0.192 e. The van der Waals surface area contributed by atoms with Crippen LogP contribution in [0.15, 0.2) is 60.3 Å². The van der Waals surface area contributed by atoms with Gasteiger partial charge in [0, 0.05) is 28.4 Å². The molecular formula is C19H17ClFN3OS. The lowest BCUT2D eigenvalue weighted by Crippen LogP contribution is -2.01. The van der Waals surface area contributed by atoms with Crippen LogP contribution in [0, 0.1) is 5.82 Å². The Morgan fingerprint density at radius 3 is 2.81 bits per heavy atom. The maximum absolute atomic E-state index is 14.0. The van der Waals surface area contributed by atoms with E-state index < -0.39 is 0 Å². The van der Waals surface area contributed by atoms with E-state index in [9.17, 15) is 4.39 Å². The lowest BCUT2D eigenvalue weighted by molar-refractivity contribution is 0.415. The Hall–Kier alpha value is -2.31. The minimum Gasteiger partial charge on any atom is -0.497 e. The van der Waals surface area contributed by atoms with Gasteiger partial charge in [-0.05, 0) is 24.3 Å². The van der Waals surface area contributed by atoms with Crippen LogP contribution in [0.2, 0.25) is 5.02 Å². The average molecular weight is 390 g/mol. The zero-order valence-electron chi connectivity index (χ0n) is 14.2. The minimum atomic E-state index is -0.326. The van der Waals surface area contributed by atoms with E-state index in [0.29, 0.717) is 33.9 Å². The topological polar surface area (TPSA) is 39.9 Å². The molecule has 0 aliphatic carbocycles. The van der Waals surface area contributed by atoms with E-state index in [0.717, 1.165) is 11.3 Å². The normalized spacial score (nSPS) is 10.7. The molecule has 0 fully saturated rings. The van der Waals surface area contributed by atoms with Gasteiger partial charge in [-0.1, -0.05) is 47.6 Å². The molecule has 7 heteroatoms. The molecule has 0 amide bonds. The second-order valence-electron chi connectivity index (χ2n) is 5.43. The van der Waals surface area contributed by atoms with Gasteiger partial charge in [0.25, 0.3) is 0 Å². The molecule has 134 valence electrons. The first-order valence-electron chi connectivity index (χ1n) is 7.88. The number of benzene rings is 2. The van der Waals surface area contributed by atoms with E-state index in [1.807, 2.05) is 28.8 Å². The highest BCUT2D eigenvalue weighted by Gasteiger charge is 2.16. The summed E-state index contributed by atoms with van der Waals surface area (Å²) in [5.41, 5.74) is 1.34. The number of methoxy groups -OCH3 is 1. The number of rotatable bonds is 7. The monoisotopic (exact) mass is 389 g/mol. The predicted molar refractivity (Wildman–Crippen MR) is 103 cm³/mol. The third kappa shape index (κ3) is 3.92. The third-order valence-corrected chi connectivity index (χ3v) is 5.11. The molecule has 0 saturated heterocycles. The largest absolute Gasteiger partial charge is 0.497 e. The lowest BCUT2D eigenvalue weighted by Gasteiger charge is -2.09. The van der Waals surface area contributed by atoms with Gasteiger partial charge in [0.15, 0.2) is 11.0 Å². The molecule has 0 aliphatic heterocycles. The van der Waals surface area contributed by atoms with Crippen LogP contribution in [0.5, 0.6) is 5.75 Å². The first-order chi connectivity index (χ1) is 12.6. The van der Waals surface area contributed by atoms with E-state index in [-0.39, 0.29) is 5.82 Å². The molecule has 0 atom stereocenters. The fourth-order valence-corrected chi connectivity index (χ4v) is 3.76. The van der Waals surface area contributed by atoms with Crippen LogP contribution in [-0.4, -0.2) is 21.9 Å². The molecule has 1 aromatic heterocycles. The number of hydrogen-bond acceptors (Lipinski definition) is 4. The van der Waals surface area contributed by atoms with Gasteiger partial charge >= 0.3 is 0 Å². The molecule has 26 heavy (non-hydrogen) atoms. The highest BCUT2D eigenvalue weighted by atomic mass is 35.5. The van der Waals surface area contributed by atoms with E-state index in [1.165, 1.54) is 17.8 Å². The van der Waals surface area contributed by atoms with Crippen molar-refractivity contribution in [3.8, 4) is 17.1 Å². The quantitative estimate of drug-likeness (QED) is 0.410. The summed E-state index contributed by atoms with van der Waals surface area (Å²) >= 11 is 7.48. The molecule has 4 nitrogen and oxygen atoms in total. The number of allylic oxidation sites excluding steroid dienone is 1. The molecule has 2 aromatic carbocycles. The average Bonchev–Trinajstić information content (AvgIpc) is 3.04. The molecule has 3 aromatic rings. The summed E-state index contributed by atoms with van der Waals surface area (Å²) in [4.78, 5) is 0. The number of nitrogens with zero attached hydrogens (tertiary/aromatic N) is 3. The Morgan fingerprint density at radius 1 is 1.27 bits per heavy atom. The summed E-state index contributed by atoms with van der Waals surface area (Å²) in [6.45, 7) is 4.33. The Bertz CT molecular complexity index is 909. The molecule has 1 heterocycles. The molecule has 0 spiro atoms. The first-order valence-corrected chi connectivity index (χ1v) is 9.24. The fourth-order valence-electron chi connectivity index (χ4n) is 2.47. The number of aromatic nitrogens is 3. The Labute approximate surface area is 160 Å². The van der Waals surface area contributed by atoms with E-state index in [2.05, 4.69) is 16.8 Å². The zero-order chi connectivity index (χ0) is 18.5. The van der Waals surface area contributed by atoms with Gasteiger partial charge in [0.05, 0.1) is 7.11 Å². The Morgan fingerprint density at radius 2 is 2.08 bits per heavy atom. The van der Waals surface area contributed by atoms with Crippen molar-refractivity contribution in [2.45, 2.75) is 17.5 Å². The van der Waals surface area contributed by atoms with Gasteiger partial charge < -0.3 is 4.74 Å². The Kier molecular flexibility index (Phi) is 5.96. The fraction of sp³-hybridized carbons (Fsp3) is 0.158. The number of halogens is 2. The van der Waals surface area contributed by atoms with Gasteiger partial charge in [-0.2, -0.15) is 0 Å². The zero-order valence-corrected chi connectivity index (χ0v) is 15.7. The van der Waals surface area contributed by atoms with Gasteiger partial charge in [-0.3, -0.25) is 4.57 Å². The van der Waals surface area contributed by atoms with Crippen LogP contribution in [-0.2, 0) is 12.3 Å². The molecule has 0 aliphatic rings. The first kappa shape index (κ1) is 18.5. The van der Waals surface area contributed by atoms with Crippen LogP contribution >= 0.6 is 23.4 Å². The lowest BCUT2D eigenvalue weighted by atomic mass is 10.2. The molecule has 0 N–H and O–H groups in total. The maximum Gasteiger partial charge on any atom is 0.192 e. The van der Waals surface area contributed by atoms with Crippen LogP contribution in [0.1, 0.15) is 5.56 Å². The number of thioether (sulfide) groups is 1. The van der Waals surface area contributed by atoms with Gasteiger partial charge in [0.2, 0.25) is 0 Å². The molecule has 0 saturated carbocycles. The third-order valence-electron chi connectivity index (χ3n) is 3.76. The van der Waals surface area contributed by atoms with Crippen LogP contribution in [0.25, 0.3) is 11.4 Å². The van der Waals surface area contributed by atoms with Gasteiger partial charge in [-0.25, -0.2) is 4.39 Å². The highest BCUT2D eigenvalue weighted by molar-refractivity contribution is 7.98. The summed E-state index contributed by atoms with van der Waals surface area (Å²) in [6, 6.07) is 12.3. The second kappa shape index (κ2) is 8.38. The van der Waals surface area contributed by atoms with Crippen molar-refractivity contribution in [1.29, 1.82) is 0 Å². The second-order valence-corrected chi connectivity index (χ2v) is 6.78. The number of hydrogen-bond donors (Lipinski definition) is 0. The van der Waals surface area contributed by atoms with Crippen LogP contribution < -0.4 is 4.74 Å². The van der Waals surface area contributed by atoms with Crippen molar-refractivity contribution in [3.05, 3.63) is 71.5 Å². The summed E-state index contributed by atoms with van der Waals surface area (Å²) in [6.07, 6.45) is 1.77. The van der Waals surface area contributed by atoms with Crippen molar-refractivity contribution in [3.63, 3.8) is 0 Å². The van der Waals surface area contributed by atoms with Gasteiger partial charge in [-0.15, -0.1) is 16.8 Å². The van der Waals surface area contributed by atoms with Crippen molar-refractivity contribution in [1.82, 2.24) is 14.8 Å². The summed E-state index contributed by atoms with van der Waals surface area (Å²) in [5, 5.41) is 9.63. The van der Waals surface area contributed by atoms with Crippen molar-refractivity contribution in [2.75, 3.05) is 7.11 Å². The molecular weight excluding hydrogens is 373 g/mol. The SMILES string of the molecule is C=CCn1c(SCc2c(F)cccc2Cl)nnc1-c1cccc(OC)c1. The summed E-state index contributed by atoms with van der Waals surface area (Å²) in [5.74, 6) is 1.47. The minimum absolute atomic E-state index is 0.326. The van der Waals surface area contributed by atoms with E-state index >= 15 is 0 Å². The summed E-state index contributed by atoms with van der Waals surface area (Å²) < 4.78 is 21.2. The highest BCUT2D eigenvalue weighted by Crippen LogP contribution is 2.30. The predicted octanol–water partition coefficient (Wildman–Crippen LogP) is 5.22. The van der Waals surface area contributed by atoms with E-state index in [4.69, 9.17) is 16.3 Å². The number of ether oxygens (including phenoxy) is 1. The maximum atomic E-state index is 14.0. The standard InChI is InChI=1S/C19H17ClFN3OS/c1-3-10-24-18(13-6-4-7-14(11-13)25-2)22-23-19(24)26-12-15-16(20)8-5-9-17(15)21/h3-9,11H,1,10,12H2,2H3. The van der Waals surface area contributed by atoms with Crippen molar-refractivity contribution >= 4 is 23.4 Å². The molecule has 0 bridgehead atoms. The van der Waals surface area contributed by atoms with E-state index in [1.54, 1.807) is 25.3 Å². The Balaban J connectivity index is 1.91. The molecule has 3 rings (SSSR count). The molecule has 0 radical (unpaired) electrons. The van der Waals surface area contributed by atoms with Gasteiger partial charge in [0.1, 0.15) is 11.6 Å². The van der Waals surface area contributed by atoms with Crippen molar-refractivity contribution in [2.24, 2.45) is 0 Å². The molecule has 0 unspecified atom stereocenters. The van der Waals surface area contributed by atoms with Crippen LogP contribution in [0.3, 0.4) is 0 Å². The van der Waals surface area contributed by atoms with Crippen molar-refractivity contribution < 1.29 is 9.13 Å². The summed E-state index contributed by atoms with van der Waals surface area (Å²) in [7, 11) is 1.62.